The zero-order valence-corrected chi connectivity index (χ0v) is 28.8. The van der Waals surface area contributed by atoms with Crippen LogP contribution in [0.5, 0.6) is 17.2 Å². The third-order valence-corrected chi connectivity index (χ3v) is 12.2. The first kappa shape index (κ1) is 31.8. The Morgan fingerprint density at radius 3 is 2.27 bits per heavy atom. The maximum atomic E-state index is 14.8. The summed E-state index contributed by atoms with van der Waals surface area (Å²) in [4.78, 5) is 41.0. The van der Waals surface area contributed by atoms with Gasteiger partial charge in [0, 0.05) is 41.4 Å². The lowest BCUT2D eigenvalue weighted by Gasteiger charge is -2.56. The fourth-order valence-corrected chi connectivity index (χ4v) is 9.18. The smallest absolute Gasteiger partial charge is 0.330 e. The lowest BCUT2D eigenvalue weighted by molar-refractivity contribution is -0.171. The number of hydrogen-bond donors (Lipinski definition) is 2. The molecule has 3 aliphatic carbocycles. The van der Waals surface area contributed by atoms with Gasteiger partial charge in [0.2, 0.25) is 0 Å². The molecule has 48 heavy (non-hydrogen) atoms. The summed E-state index contributed by atoms with van der Waals surface area (Å²) >= 11 is 0. The third kappa shape index (κ3) is 4.11. The fourth-order valence-electron chi connectivity index (χ4n) is 9.18. The van der Waals surface area contributed by atoms with Gasteiger partial charge in [-0.2, -0.15) is 0 Å². The number of carboxylic acids is 1. The van der Waals surface area contributed by atoms with Crippen molar-refractivity contribution in [3.63, 3.8) is 0 Å². The minimum absolute atomic E-state index is 0.0358. The zero-order chi connectivity index (χ0) is 34.6. The predicted molar refractivity (Wildman–Crippen MR) is 173 cm³/mol. The fraction of sp³-hybridized carbons (Fsp3) is 0.605. The number of rotatable bonds is 8. The number of epoxide rings is 2. The molecule has 1 saturated carbocycles. The SMILES string of the molecule is C/C(=C/C[C@@]12OC(C)(C)C3C[C@@H](C=C4C(=O)c5c(O)c6c(c(CC7OC7(C)C)c5O[C@]431)O[C@](C)(CCC1OC1(C)C)C=C6)C2=O)C(=O)O. The molecule has 3 unspecified atom stereocenters. The molecule has 10 nitrogen and oxygen atoms in total. The van der Waals surface area contributed by atoms with E-state index in [1.807, 2.05) is 46.8 Å². The monoisotopic (exact) mass is 660 g/mol. The molecule has 4 bridgehead atoms. The molecule has 1 aromatic carbocycles. The minimum Gasteiger partial charge on any atom is -0.506 e. The van der Waals surface area contributed by atoms with Crippen molar-refractivity contribution in [2.75, 3.05) is 0 Å². The first-order valence-electron chi connectivity index (χ1n) is 17.0. The Bertz CT molecular complexity index is 1810. The number of carbonyl (C=O) groups excluding carboxylic acids is 2. The minimum atomic E-state index is -1.65. The van der Waals surface area contributed by atoms with Gasteiger partial charge >= 0.3 is 5.97 Å². The van der Waals surface area contributed by atoms with Crippen LogP contribution in [-0.4, -0.2) is 73.6 Å². The van der Waals surface area contributed by atoms with E-state index in [1.54, 1.807) is 6.08 Å². The number of aromatic hydroxyl groups is 1. The molecule has 9 rings (SSSR count). The molecule has 0 aromatic heterocycles. The number of carboxylic acid groups (broad SMARTS) is 1. The van der Waals surface area contributed by atoms with Gasteiger partial charge in [-0.1, -0.05) is 12.2 Å². The molecular formula is C38H44O10. The van der Waals surface area contributed by atoms with Crippen molar-refractivity contribution in [2.24, 2.45) is 11.8 Å². The summed E-state index contributed by atoms with van der Waals surface area (Å²) in [5.41, 5.74) is -4.00. The number of phenolic OH excluding ortho intramolecular Hbond substituents is 1. The highest BCUT2D eigenvalue weighted by Crippen LogP contribution is 2.69. The van der Waals surface area contributed by atoms with Crippen LogP contribution in [0.15, 0.2) is 29.4 Å². The van der Waals surface area contributed by atoms with E-state index in [9.17, 15) is 24.6 Å². The number of benzene rings is 1. The Hall–Kier alpha value is -3.47. The quantitative estimate of drug-likeness (QED) is 0.265. The Balaban J connectivity index is 1.31. The number of phenols is 1. The van der Waals surface area contributed by atoms with E-state index in [-0.39, 0.29) is 58.2 Å². The van der Waals surface area contributed by atoms with E-state index in [4.69, 9.17) is 23.7 Å². The van der Waals surface area contributed by atoms with Crippen LogP contribution in [0.3, 0.4) is 0 Å². The van der Waals surface area contributed by atoms with Gasteiger partial charge in [-0.05, 0) is 86.8 Å². The molecule has 0 radical (unpaired) electrons. The standard InChI is InChI=1S/C38H44O10/c1-18(32(42)43)9-14-37-31(41)19-15-22-28(40)26-27(39)20-10-12-36(8,13-11-24-34(4,5)44-24)46-29(20)21(17-25-35(6,7)45-25)30(26)47-38(22,37)23(16-19)33(2,3)48-37/h9-10,12,15,19,23-25,39H,11,13-14,16-17H2,1-8H3,(H,42,43)/b18-9-/t19-,23?,24?,25?,36+,37+,38-/m1/s1. The first-order chi connectivity index (χ1) is 22.3. The maximum absolute atomic E-state index is 14.8. The predicted octanol–water partition coefficient (Wildman–Crippen LogP) is 5.66. The van der Waals surface area contributed by atoms with Crippen LogP contribution >= 0.6 is 0 Å². The van der Waals surface area contributed by atoms with Crippen molar-refractivity contribution >= 4 is 23.6 Å². The third-order valence-electron chi connectivity index (χ3n) is 12.2. The number of aliphatic carboxylic acids is 1. The highest BCUT2D eigenvalue weighted by Gasteiger charge is 2.81. The van der Waals surface area contributed by atoms with Gasteiger partial charge in [-0.15, -0.1) is 0 Å². The first-order valence-corrected chi connectivity index (χ1v) is 17.0. The van der Waals surface area contributed by atoms with E-state index >= 15 is 0 Å². The van der Waals surface area contributed by atoms with E-state index in [0.29, 0.717) is 36.1 Å². The lowest BCUT2D eigenvalue weighted by atomic mass is 9.51. The van der Waals surface area contributed by atoms with Crippen LogP contribution in [0.25, 0.3) is 6.08 Å². The molecule has 8 aliphatic rings. The lowest BCUT2D eigenvalue weighted by Crippen LogP contribution is -2.72. The number of allylic oxidation sites excluding steroid dienone is 1. The average molecular weight is 661 g/mol. The maximum Gasteiger partial charge on any atom is 0.330 e. The molecule has 2 N–H and O–H groups in total. The second-order valence-electron chi connectivity index (χ2n) is 16.6. The topological polar surface area (TPSA) is 144 Å². The number of Topliss-reactive ketones (excluding diaryl/α,β-unsaturated/α-hetero) is 2. The number of ketones is 2. The van der Waals surface area contributed by atoms with Gasteiger partial charge < -0.3 is 33.9 Å². The molecule has 1 spiro atoms. The highest BCUT2D eigenvalue weighted by atomic mass is 16.6. The second-order valence-corrected chi connectivity index (χ2v) is 16.6. The van der Waals surface area contributed by atoms with Gasteiger partial charge in [0.15, 0.2) is 22.8 Å². The largest absolute Gasteiger partial charge is 0.506 e. The number of ether oxygens (including phenoxy) is 5. The van der Waals surface area contributed by atoms with Crippen molar-refractivity contribution in [3.8, 4) is 17.2 Å². The highest BCUT2D eigenvalue weighted by molar-refractivity contribution is 6.19. The molecule has 0 amide bonds. The van der Waals surface area contributed by atoms with Gasteiger partial charge in [0.05, 0.1) is 34.6 Å². The van der Waals surface area contributed by atoms with E-state index in [1.165, 1.54) is 13.0 Å². The van der Waals surface area contributed by atoms with Crippen LogP contribution in [0, 0.1) is 11.8 Å². The van der Waals surface area contributed by atoms with Crippen LogP contribution in [0.1, 0.15) is 103 Å². The summed E-state index contributed by atoms with van der Waals surface area (Å²) < 4.78 is 32.6. The number of hydrogen-bond acceptors (Lipinski definition) is 9. The normalized spacial score (nSPS) is 38.3. The number of carbonyl (C=O) groups is 3. The summed E-state index contributed by atoms with van der Waals surface area (Å²) in [5, 5.41) is 21.5. The van der Waals surface area contributed by atoms with Gasteiger partial charge in [-0.25, -0.2) is 4.79 Å². The molecule has 7 atom stereocenters. The van der Waals surface area contributed by atoms with Crippen LogP contribution in [0.2, 0.25) is 0 Å². The van der Waals surface area contributed by atoms with E-state index in [0.717, 1.165) is 6.42 Å². The Morgan fingerprint density at radius 1 is 0.979 bits per heavy atom. The molecule has 256 valence electrons. The molecule has 5 heterocycles. The molecular weight excluding hydrogens is 616 g/mol. The molecule has 1 aromatic rings. The van der Waals surface area contributed by atoms with Crippen molar-refractivity contribution in [3.05, 3.63) is 46.1 Å². The summed E-state index contributed by atoms with van der Waals surface area (Å²) in [6.45, 7) is 15.4. The van der Waals surface area contributed by atoms with E-state index < -0.39 is 51.6 Å². The van der Waals surface area contributed by atoms with Crippen molar-refractivity contribution < 1.29 is 48.3 Å². The summed E-state index contributed by atoms with van der Waals surface area (Å²) in [6.07, 6.45) is 8.99. The molecule has 4 fully saturated rings. The summed E-state index contributed by atoms with van der Waals surface area (Å²) in [5.74, 6) is -2.41. The van der Waals surface area contributed by atoms with Gasteiger partial charge in [0.25, 0.3) is 0 Å². The van der Waals surface area contributed by atoms with Crippen molar-refractivity contribution in [1.29, 1.82) is 0 Å². The van der Waals surface area contributed by atoms with Crippen molar-refractivity contribution in [1.82, 2.24) is 0 Å². The average Bonchev–Trinajstić information content (AvgIpc) is 3.82. The van der Waals surface area contributed by atoms with Gasteiger partial charge in [-0.3, -0.25) is 9.59 Å². The number of fused-ring (bicyclic) bond motifs is 2. The van der Waals surface area contributed by atoms with Crippen LogP contribution in [0.4, 0.5) is 0 Å². The van der Waals surface area contributed by atoms with Crippen LogP contribution in [-0.2, 0) is 30.2 Å². The summed E-state index contributed by atoms with van der Waals surface area (Å²) in [7, 11) is 0. The van der Waals surface area contributed by atoms with E-state index in [2.05, 4.69) is 13.8 Å². The Kier molecular flexibility index (Phi) is 6.22. The Labute approximate surface area is 280 Å². The van der Waals surface area contributed by atoms with Crippen LogP contribution < -0.4 is 9.47 Å². The van der Waals surface area contributed by atoms with Crippen molar-refractivity contribution in [2.45, 2.75) is 133 Å². The Morgan fingerprint density at radius 2 is 1.65 bits per heavy atom. The zero-order valence-electron chi connectivity index (χ0n) is 28.8. The van der Waals surface area contributed by atoms with Gasteiger partial charge in [0.1, 0.15) is 28.4 Å². The molecule has 10 heteroatoms. The second kappa shape index (κ2) is 9.40. The summed E-state index contributed by atoms with van der Waals surface area (Å²) in [6, 6.07) is 0. The molecule has 3 saturated heterocycles. The molecule has 5 aliphatic heterocycles.